The molecule has 3 nitrogen and oxygen atoms in total. The summed E-state index contributed by atoms with van der Waals surface area (Å²) in [6, 6.07) is 0. The van der Waals surface area contributed by atoms with Crippen molar-refractivity contribution in [2.75, 3.05) is 6.54 Å². The van der Waals surface area contributed by atoms with E-state index in [1.54, 1.807) is 0 Å². The first-order valence-corrected chi connectivity index (χ1v) is 4.38. The number of nitrogens with two attached hydrogens (primary N) is 1. The molecule has 0 saturated heterocycles. The first-order valence-electron chi connectivity index (χ1n) is 4.38. The van der Waals surface area contributed by atoms with Crippen molar-refractivity contribution in [1.82, 2.24) is 5.32 Å². The molecule has 1 heterocycles. The second-order valence-electron chi connectivity index (χ2n) is 3.30. The fraction of sp³-hybridized carbons (Fsp3) is 0.556. The van der Waals surface area contributed by atoms with Gasteiger partial charge < -0.3 is 16.2 Å². The van der Waals surface area contributed by atoms with E-state index in [4.69, 9.17) is 5.73 Å². The standard InChI is InChI=1S/C9H14N2O/c10-4-8-7-3-1-2-6(7)5-11-9(8)12/h5,9,11-12H,1-4,10H2. The summed E-state index contributed by atoms with van der Waals surface area (Å²) in [6.07, 6.45) is 4.77. The fourth-order valence-electron chi connectivity index (χ4n) is 1.97. The lowest BCUT2D eigenvalue weighted by atomic mass is 9.99. The Hall–Kier alpha value is -0.800. The Morgan fingerprint density at radius 3 is 3.17 bits per heavy atom. The molecule has 1 unspecified atom stereocenters. The van der Waals surface area contributed by atoms with Gasteiger partial charge in [0.2, 0.25) is 0 Å². The highest BCUT2D eigenvalue weighted by Gasteiger charge is 2.24. The van der Waals surface area contributed by atoms with Crippen LogP contribution in [0.5, 0.6) is 0 Å². The highest BCUT2D eigenvalue weighted by Crippen LogP contribution is 2.34. The number of hydrogen-bond donors (Lipinski definition) is 3. The van der Waals surface area contributed by atoms with Gasteiger partial charge in [-0.15, -0.1) is 0 Å². The maximum absolute atomic E-state index is 9.52. The highest BCUT2D eigenvalue weighted by atomic mass is 16.3. The molecule has 0 aromatic heterocycles. The van der Waals surface area contributed by atoms with Crippen molar-refractivity contribution in [3.05, 3.63) is 22.9 Å². The number of fused-ring (bicyclic) bond motifs is 1. The van der Waals surface area contributed by atoms with Gasteiger partial charge in [-0.05, 0) is 36.0 Å². The first kappa shape index (κ1) is 7.83. The topological polar surface area (TPSA) is 58.3 Å². The molecule has 1 atom stereocenters. The molecule has 3 heteroatoms. The van der Waals surface area contributed by atoms with Crippen LogP contribution in [-0.2, 0) is 0 Å². The number of dihydropyridines is 1. The average Bonchev–Trinajstić information content (AvgIpc) is 2.52. The van der Waals surface area contributed by atoms with Crippen molar-refractivity contribution < 1.29 is 5.11 Å². The molecular weight excluding hydrogens is 152 g/mol. The third-order valence-corrected chi connectivity index (χ3v) is 2.61. The van der Waals surface area contributed by atoms with Crippen molar-refractivity contribution in [2.45, 2.75) is 25.5 Å². The maximum atomic E-state index is 9.52. The zero-order valence-electron chi connectivity index (χ0n) is 7.01. The normalized spacial score (nSPS) is 28.2. The van der Waals surface area contributed by atoms with E-state index >= 15 is 0 Å². The summed E-state index contributed by atoms with van der Waals surface area (Å²) in [4.78, 5) is 0. The largest absolute Gasteiger partial charge is 0.370 e. The van der Waals surface area contributed by atoms with E-state index in [1.165, 1.54) is 17.6 Å². The van der Waals surface area contributed by atoms with Crippen molar-refractivity contribution in [2.24, 2.45) is 5.73 Å². The van der Waals surface area contributed by atoms with Gasteiger partial charge in [0.05, 0.1) is 0 Å². The van der Waals surface area contributed by atoms with Gasteiger partial charge in [0.1, 0.15) is 6.23 Å². The van der Waals surface area contributed by atoms with Crippen LogP contribution in [0.4, 0.5) is 0 Å². The van der Waals surface area contributed by atoms with Crippen molar-refractivity contribution in [1.29, 1.82) is 0 Å². The lowest BCUT2D eigenvalue weighted by molar-refractivity contribution is 0.184. The van der Waals surface area contributed by atoms with Crippen LogP contribution < -0.4 is 11.1 Å². The average molecular weight is 166 g/mol. The highest BCUT2D eigenvalue weighted by molar-refractivity contribution is 5.43. The number of rotatable bonds is 1. The number of nitrogens with one attached hydrogen (secondary N) is 1. The first-order chi connectivity index (χ1) is 5.83. The Morgan fingerprint density at radius 2 is 2.42 bits per heavy atom. The van der Waals surface area contributed by atoms with Gasteiger partial charge in [-0.25, -0.2) is 0 Å². The van der Waals surface area contributed by atoms with Crippen molar-refractivity contribution in [3.8, 4) is 0 Å². The van der Waals surface area contributed by atoms with Gasteiger partial charge in [0, 0.05) is 12.7 Å². The lowest BCUT2D eigenvalue weighted by Gasteiger charge is -2.22. The van der Waals surface area contributed by atoms with Crippen LogP contribution in [0.25, 0.3) is 0 Å². The molecule has 0 spiro atoms. The Labute approximate surface area is 72.0 Å². The number of hydrogen-bond acceptors (Lipinski definition) is 3. The molecule has 66 valence electrons. The lowest BCUT2D eigenvalue weighted by Crippen LogP contribution is -2.33. The molecule has 0 amide bonds. The smallest absolute Gasteiger partial charge is 0.148 e. The van der Waals surface area contributed by atoms with E-state index in [0.29, 0.717) is 6.54 Å². The number of aliphatic hydroxyl groups is 1. The number of allylic oxidation sites excluding steroid dienone is 2. The molecule has 0 bridgehead atoms. The van der Waals surface area contributed by atoms with E-state index in [0.717, 1.165) is 18.4 Å². The van der Waals surface area contributed by atoms with Gasteiger partial charge in [0.15, 0.2) is 0 Å². The van der Waals surface area contributed by atoms with E-state index < -0.39 is 6.23 Å². The summed E-state index contributed by atoms with van der Waals surface area (Å²) in [5.74, 6) is 0. The predicted molar refractivity (Wildman–Crippen MR) is 47.2 cm³/mol. The van der Waals surface area contributed by atoms with Crippen molar-refractivity contribution >= 4 is 0 Å². The zero-order valence-corrected chi connectivity index (χ0v) is 7.01. The molecule has 1 fully saturated rings. The Bertz CT molecular complexity index is 255. The van der Waals surface area contributed by atoms with Crippen LogP contribution in [0, 0.1) is 0 Å². The molecular formula is C9H14N2O. The van der Waals surface area contributed by atoms with E-state index in [-0.39, 0.29) is 0 Å². The zero-order chi connectivity index (χ0) is 8.55. The van der Waals surface area contributed by atoms with Crippen LogP contribution in [0.1, 0.15) is 19.3 Å². The minimum absolute atomic E-state index is 0.459. The van der Waals surface area contributed by atoms with Gasteiger partial charge in [-0.2, -0.15) is 0 Å². The molecule has 1 aliphatic heterocycles. The third-order valence-electron chi connectivity index (χ3n) is 2.61. The Kier molecular flexibility index (Phi) is 1.90. The Morgan fingerprint density at radius 1 is 1.58 bits per heavy atom. The van der Waals surface area contributed by atoms with E-state index in [9.17, 15) is 5.11 Å². The summed E-state index contributed by atoms with van der Waals surface area (Å²) in [5.41, 5.74) is 9.17. The van der Waals surface area contributed by atoms with Crippen LogP contribution >= 0.6 is 0 Å². The quantitative estimate of drug-likeness (QED) is 0.522. The molecule has 1 aliphatic carbocycles. The van der Waals surface area contributed by atoms with Crippen LogP contribution in [-0.4, -0.2) is 17.9 Å². The van der Waals surface area contributed by atoms with Gasteiger partial charge in [0.25, 0.3) is 0 Å². The summed E-state index contributed by atoms with van der Waals surface area (Å²) < 4.78 is 0. The van der Waals surface area contributed by atoms with Gasteiger partial charge >= 0.3 is 0 Å². The van der Waals surface area contributed by atoms with E-state index in [2.05, 4.69) is 5.32 Å². The molecule has 1 saturated carbocycles. The van der Waals surface area contributed by atoms with Gasteiger partial charge in [-0.1, -0.05) is 0 Å². The van der Waals surface area contributed by atoms with Gasteiger partial charge in [-0.3, -0.25) is 0 Å². The molecule has 0 radical (unpaired) electrons. The Balaban J connectivity index is 2.37. The predicted octanol–water partition coefficient (Wildman–Crippen LogP) is 0.231. The molecule has 12 heavy (non-hydrogen) atoms. The third kappa shape index (κ3) is 1.06. The molecule has 0 aromatic rings. The summed E-state index contributed by atoms with van der Waals surface area (Å²) in [5, 5.41) is 12.4. The maximum Gasteiger partial charge on any atom is 0.148 e. The van der Waals surface area contributed by atoms with Crippen LogP contribution in [0.2, 0.25) is 0 Å². The monoisotopic (exact) mass is 166 g/mol. The fourth-order valence-corrected chi connectivity index (χ4v) is 1.97. The summed E-state index contributed by atoms with van der Waals surface area (Å²) in [7, 11) is 0. The summed E-state index contributed by atoms with van der Waals surface area (Å²) in [6.45, 7) is 0.459. The second kappa shape index (κ2) is 2.92. The van der Waals surface area contributed by atoms with Crippen molar-refractivity contribution in [3.63, 3.8) is 0 Å². The molecule has 0 aromatic carbocycles. The minimum atomic E-state index is -0.549. The minimum Gasteiger partial charge on any atom is -0.370 e. The number of aliphatic hydroxyl groups excluding tert-OH is 1. The molecule has 2 rings (SSSR count). The molecule has 2 aliphatic rings. The van der Waals surface area contributed by atoms with Crippen LogP contribution in [0.15, 0.2) is 22.9 Å². The molecule has 4 N–H and O–H groups in total. The second-order valence-corrected chi connectivity index (χ2v) is 3.30. The SMILES string of the molecule is NCC1=C2CCCC2=CNC1O. The van der Waals surface area contributed by atoms with Crippen LogP contribution in [0.3, 0.4) is 0 Å². The summed E-state index contributed by atoms with van der Waals surface area (Å²) >= 11 is 0. The van der Waals surface area contributed by atoms with E-state index in [1.807, 2.05) is 6.20 Å².